The van der Waals surface area contributed by atoms with E-state index in [1.165, 1.54) is 18.3 Å². The number of benzene rings is 2. The highest BCUT2D eigenvalue weighted by Gasteiger charge is 2.23. The maximum atomic E-state index is 12.3. The Bertz CT molecular complexity index is 1550. The van der Waals surface area contributed by atoms with Gasteiger partial charge in [0.15, 0.2) is 0 Å². The summed E-state index contributed by atoms with van der Waals surface area (Å²) in [6.07, 6.45) is 5.99. The van der Waals surface area contributed by atoms with Crippen molar-refractivity contribution in [2.24, 2.45) is 0 Å². The summed E-state index contributed by atoms with van der Waals surface area (Å²) in [5.74, 6) is 2.64. The molecule has 208 valence electrons. The summed E-state index contributed by atoms with van der Waals surface area (Å²) in [5.41, 5.74) is 2.52. The van der Waals surface area contributed by atoms with Crippen LogP contribution in [-0.2, 0) is 11.2 Å². The van der Waals surface area contributed by atoms with Crippen LogP contribution in [0.15, 0.2) is 79.1 Å². The molecule has 1 amide bonds. The van der Waals surface area contributed by atoms with Crippen LogP contribution in [0.3, 0.4) is 0 Å². The Labute approximate surface area is 235 Å². The number of nitrogens with zero attached hydrogens (tertiary/aromatic N) is 3. The van der Waals surface area contributed by atoms with E-state index in [1.807, 2.05) is 36.4 Å². The van der Waals surface area contributed by atoms with E-state index >= 15 is 0 Å². The minimum Gasteiger partial charge on any atom is -0.485 e. The number of nitrogens with one attached hydrogen (secondary N) is 2. The molecule has 1 unspecified atom stereocenters. The number of fused-ring (bicyclic) bond motifs is 1. The molecule has 41 heavy (non-hydrogen) atoms. The fourth-order valence-electron chi connectivity index (χ4n) is 4.88. The quantitative estimate of drug-likeness (QED) is 0.207. The van der Waals surface area contributed by atoms with Gasteiger partial charge in [-0.25, -0.2) is 9.97 Å². The van der Waals surface area contributed by atoms with Crippen LogP contribution in [0.25, 0.3) is 0 Å². The van der Waals surface area contributed by atoms with Gasteiger partial charge in [0.25, 0.3) is 5.69 Å². The van der Waals surface area contributed by atoms with E-state index in [2.05, 4.69) is 20.6 Å². The minimum atomic E-state index is -0.503. The smallest absolute Gasteiger partial charge is 0.287 e. The van der Waals surface area contributed by atoms with Crippen molar-refractivity contribution in [3.8, 4) is 29.0 Å². The maximum absolute atomic E-state index is 12.3. The third-order valence-corrected chi connectivity index (χ3v) is 6.96. The zero-order valence-electron chi connectivity index (χ0n) is 22.0. The van der Waals surface area contributed by atoms with Crippen molar-refractivity contribution < 1.29 is 23.9 Å². The number of aryl methyl sites for hydroxylation is 1. The Morgan fingerprint density at radius 2 is 1.78 bits per heavy atom. The fraction of sp³-hybridized carbons (Fsp3) is 0.233. The van der Waals surface area contributed by atoms with Crippen LogP contribution in [0.1, 0.15) is 36.5 Å². The highest BCUT2D eigenvalue weighted by molar-refractivity contribution is 5.94. The Hall–Kier alpha value is -5.03. The molecule has 2 aliphatic rings. The van der Waals surface area contributed by atoms with Crippen LogP contribution in [0.4, 0.5) is 11.4 Å². The Morgan fingerprint density at radius 3 is 2.49 bits per heavy atom. The standard InChI is InChI=1S/C30H27N5O6/c36-30(25-5-2-14-31-25)34-21-7-12-28(32-17-21)40-24-9-11-27-20(16-24)6-10-26(41-27)19-3-1-4-23(15-19)39-29-13-8-22(18-33-29)35(37)38/h1,3-4,7-9,11-13,15-18,25-26,31H,2,5-6,10,14H2,(H,34,36)/t25?,26-/m0/s1. The predicted octanol–water partition coefficient (Wildman–Crippen LogP) is 5.73. The molecule has 1 fully saturated rings. The van der Waals surface area contributed by atoms with Crippen LogP contribution in [0, 0.1) is 10.1 Å². The first-order valence-electron chi connectivity index (χ1n) is 13.4. The topological polar surface area (TPSA) is 138 Å². The third kappa shape index (κ3) is 6.25. The highest BCUT2D eigenvalue weighted by Crippen LogP contribution is 2.38. The molecule has 4 aromatic rings. The summed E-state index contributed by atoms with van der Waals surface area (Å²) < 4.78 is 18.1. The van der Waals surface area contributed by atoms with Gasteiger partial charge in [-0.05, 0) is 79.8 Å². The number of amides is 1. The number of rotatable bonds is 8. The third-order valence-electron chi connectivity index (χ3n) is 6.96. The van der Waals surface area contributed by atoms with Gasteiger partial charge in [-0.1, -0.05) is 12.1 Å². The van der Waals surface area contributed by atoms with Gasteiger partial charge in [0.1, 0.15) is 29.5 Å². The molecule has 2 N–H and O–H groups in total. The molecule has 2 aliphatic heterocycles. The van der Waals surface area contributed by atoms with E-state index in [4.69, 9.17) is 14.2 Å². The number of pyridine rings is 2. The lowest BCUT2D eigenvalue weighted by Gasteiger charge is -2.27. The summed E-state index contributed by atoms with van der Waals surface area (Å²) in [4.78, 5) is 31.0. The molecule has 11 heteroatoms. The molecule has 1 saturated heterocycles. The van der Waals surface area contributed by atoms with E-state index in [1.54, 1.807) is 24.4 Å². The van der Waals surface area contributed by atoms with Gasteiger partial charge in [-0.2, -0.15) is 0 Å². The lowest BCUT2D eigenvalue weighted by atomic mass is 9.97. The average molecular weight is 554 g/mol. The molecule has 2 atom stereocenters. The number of ether oxygens (including phenoxy) is 3. The largest absolute Gasteiger partial charge is 0.485 e. The zero-order valence-corrected chi connectivity index (χ0v) is 22.0. The number of aromatic nitrogens is 2. The number of anilines is 1. The van der Waals surface area contributed by atoms with Crippen molar-refractivity contribution in [2.75, 3.05) is 11.9 Å². The molecule has 0 radical (unpaired) electrons. The maximum Gasteiger partial charge on any atom is 0.287 e. The van der Waals surface area contributed by atoms with E-state index < -0.39 is 4.92 Å². The average Bonchev–Trinajstić information content (AvgIpc) is 3.54. The monoisotopic (exact) mass is 553 g/mol. The van der Waals surface area contributed by atoms with E-state index in [0.717, 1.165) is 49.1 Å². The first kappa shape index (κ1) is 26.2. The molecule has 4 heterocycles. The van der Waals surface area contributed by atoms with Gasteiger partial charge in [0, 0.05) is 18.2 Å². The van der Waals surface area contributed by atoms with E-state index in [0.29, 0.717) is 23.1 Å². The Morgan fingerprint density at radius 1 is 0.976 bits per heavy atom. The van der Waals surface area contributed by atoms with Crippen LogP contribution in [0.5, 0.6) is 29.0 Å². The number of hydrogen-bond donors (Lipinski definition) is 2. The molecule has 2 aromatic carbocycles. The second-order valence-corrected chi connectivity index (χ2v) is 9.83. The lowest BCUT2D eigenvalue weighted by Crippen LogP contribution is -2.35. The number of hydrogen-bond acceptors (Lipinski definition) is 9. The second kappa shape index (κ2) is 11.6. The second-order valence-electron chi connectivity index (χ2n) is 9.83. The molecular formula is C30H27N5O6. The molecule has 0 spiro atoms. The molecule has 2 aromatic heterocycles. The zero-order chi connectivity index (χ0) is 28.2. The molecule has 0 bridgehead atoms. The van der Waals surface area contributed by atoms with Gasteiger partial charge in [-0.3, -0.25) is 14.9 Å². The summed E-state index contributed by atoms with van der Waals surface area (Å²) in [6.45, 7) is 0.863. The fourth-order valence-corrected chi connectivity index (χ4v) is 4.88. The molecule has 6 rings (SSSR count). The highest BCUT2D eigenvalue weighted by atomic mass is 16.6. The van der Waals surface area contributed by atoms with Crippen LogP contribution < -0.4 is 24.8 Å². The van der Waals surface area contributed by atoms with Crippen molar-refractivity contribution in [2.45, 2.75) is 37.8 Å². The van der Waals surface area contributed by atoms with Crippen molar-refractivity contribution in [3.05, 3.63) is 100 Å². The Balaban J connectivity index is 1.07. The summed E-state index contributed by atoms with van der Waals surface area (Å²) in [6, 6.07) is 19.4. The summed E-state index contributed by atoms with van der Waals surface area (Å²) in [5, 5.41) is 16.9. The molecule has 11 nitrogen and oxygen atoms in total. The summed E-state index contributed by atoms with van der Waals surface area (Å²) in [7, 11) is 0. The van der Waals surface area contributed by atoms with Gasteiger partial charge in [0.05, 0.1) is 22.8 Å². The summed E-state index contributed by atoms with van der Waals surface area (Å²) >= 11 is 0. The molecule has 0 aliphatic carbocycles. The van der Waals surface area contributed by atoms with Crippen molar-refractivity contribution in [3.63, 3.8) is 0 Å². The van der Waals surface area contributed by atoms with Crippen molar-refractivity contribution in [1.82, 2.24) is 15.3 Å². The van der Waals surface area contributed by atoms with Gasteiger partial charge in [0.2, 0.25) is 17.7 Å². The van der Waals surface area contributed by atoms with Gasteiger partial charge in [-0.15, -0.1) is 0 Å². The van der Waals surface area contributed by atoms with Gasteiger partial charge >= 0.3 is 0 Å². The number of carbonyl (C=O) groups is 1. The molecular weight excluding hydrogens is 526 g/mol. The van der Waals surface area contributed by atoms with Crippen molar-refractivity contribution in [1.29, 1.82) is 0 Å². The van der Waals surface area contributed by atoms with Gasteiger partial charge < -0.3 is 24.8 Å². The van der Waals surface area contributed by atoms with Crippen molar-refractivity contribution >= 4 is 17.3 Å². The lowest BCUT2D eigenvalue weighted by molar-refractivity contribution is -0.385. The van der Waals surface area contributed by atoms with Crippen LogP contribution in [0.2, 0.25) is 0 Å². The Kier molecular flexibility index (Phi) is 7.42. The number of carbonyl (C=O) groups excluding carboxylic acids is 1. The first-order chi connectivity index (χ1) is 20.0. The van der Waals surface area contributed by atoms with E-state index in [-0.39, 0.29) is 29.6 Å². The minimum absolute atomic E-state index is 0.0493. The first-order valence-corrected chi connectivity index (χ1v) is 13.4. The SMILES string of the molecule is O=C(Nc1ccc(Oc2ccc3c(c2)CC[C@@H](c2cccc(Oc4ccc([N+](=O)[O-])cn4)c2)O3)nc1)C1CCCN1. The van der Waals surface area contributed by atoms with Crippen LogP contribution in [-0.4, -0.2) is 33.4 Å². The molecule has 0 saturated carbocycles. The number of nitro groups is 1. The van der Waals surface area contributed by atoms with E-state index in [9.17, 15) is 14.9 Å². The van der Waals surface area contributed by atoms with Crippen LogP contribution >= 0.6 is 0 Å². The predicted molar refractivity (Wildman–Crippen MR) is 150 cm³/mol. The normalized spacial score (nSPS) is 17.7.